The van der Waals surface area contributed by atoms with E-state index in [1.165, 1.54) is 14.0 Å². The number of benzene rings is 1. The topological polar surface area (TPSA) is 172 Å². The molecule has 4 aliphatic rings. The molecule has 4 fully saturated rings. The van der Waals surface area contributed by atoms with E-state index in [0.717, 1.165) is 17.2 Å². The maximum atomic E-state index is 14.4. The Morgan fingerprint density at radius 3 is 2.25 bits per heavy atom. The molecule has 0 spiro atoms. The van der Waals surface area contributed by atoms with Gasteiger partial charge in [0.2, 0.25) is 0 Å². The minimum absolute atomic E-state index is 0.0521. The van der Waals surface area contributed by atoms with E-state index in [9.17, 15) is 25.2 Å². The van der Waals surface area contributed by atoms with Gasteiger partial charge in [-0.15, -0.1) is 0 Å². The number of hydrogen-bond acceptors (Lipinski definition) is 14. The summed E-state index contributed by atoms with van der Waals surface area (Å²) >= 11 is 1.62. The van der Waals surface area contributed by atoms with E-state index in [0.29, 0.717) is 13.1 Å². The summed E-state index contributed by atoms with van der Waals surface area (Å²) in [7, 11) is 5.47. The zero-order chi connectivity index (χ0) is 44.5. The SMILES string of the molecule is CC[C@H]1OC(=O)[C@H](C)[C@@H](O[C@H]2C[C@@](C)(OC)[C@@H](O)[C@H](C)O2)[C@H](C)[C@@H](O[C@@H]2O[C@H](C)C[C@H]3[C@@H]2SC(=NCc2ccccc2)N3C)[C@](C)(O)C[C@@H](C)CN(C)[C@H](C)[C@@H](O)[C@]1(C)O. The summed E-state index contributed by atoms with van der Waals surface area (Å²) in [5.41, 5.74) is -3.19. The Kier molecular flexibility index (Phi) is 16.3. The highest BCUT2D eigenvalue weighted by Gasteiger charge is 2.54. The third-order valence-electron chi connectivity index (χ3n) is 13.8. The summed E-state index contributed by atoms with van der Waals surface area (Å²) in [5.74, 6) is -2.42. The molecule has 0 amide bonds. The predicted molar refractivity (Wildman–Crippen MR) is 231 cm³/mol. The largest absolute Gasteiger partial charge is 0.459 e. The maximum Gasteiger partial charge on any atom is 0.311 e. The standard InChI is InChI=1S/C45H75N3O11S/c1-14-33-45(10,53)37(49)29(6)47(11)24-25(2)21-43(8,52)39(27(4)35(28(5)40(51)57-33)58-34-22-44(9,54-13)38(50)30(7)56-34)59-41-36-32(20-26(3)55-41)48(12)42(60-36)46-23-31-18-16-15-17-19-31/h15-19,25-30,32-39,41,49-50,52-53H,14,20-24H2,1-13H3/t25-,26-,27+,28-,29-,30+,32+,33-,34+,35+,36+,37-,38+,39-,41+,43-,44-,45-/m1/s1. The first-order chi connectivity index (χ1) is 28.0. The van der Waals surface area contributed by atoms with Crippen LogP contribution in [0.15, 0.2) is 35.3 Å². The number of aliphatic hydroxyl groups excluding tert-OH is 2. The lowest BCUT2D eigenvalue weighted by molar-refractivity contribution is -0.307. The highest BCUT2D eigenvalue weighted by molar-refractivity contribution is 8.14. The van der Waals surface area contributed by atoms with E-state index >= 15 is 0 Å². The molecule has 4 N–H and O–H groups in total. The number of ether oxygens (including phenoxy) is 6. The van der Waals surface area contributed by atoms with Crippen molar-refractivity contribution in [2.24, 2.45) is 22.7 Å². The van der Waals surface area contributed by atoms with Crippen LogP contribution in [0.2, 0.25) is 0 Å². The number of aliphatic imine (C=N–C) groups is 1. The van der Waals surface area contributed by atoms with Gasteiger partial charge in [-0.2, -0.15) is 0 Å². The number of cyclic esters (lactones) is 1. The first-order valence-electron chi connectivity index (χ1n) is 21.9. The Hall–Kier alpha value is -1.89. The monoisotopic (exact) mass is 866 g/mol. The van der Waals surface area contributed by atoms with Crippen LogP contribution in [0.3, 0.4) is 0 Å². The summed E-state index contributed by atoms with van der Waals surface area (Å²) in [6, 6.07) is 9.65. The Balaban J connectivity index is 1.56. The smallest absolute Gasteiger partial charge is 0.311 e. The first-order valence-corrected chi connectivity index (χ1v) is 22.8. The minimum Gasteiger partial charge on any atom is -0.459 e. The van der Waals surface area contributed by atoms with E-state index < -0.39 is 89.9 Å². The van der Waals surface area contributed by atoms with Gasteiger partial charge in [0.25, 0.3) is 0 Å². The van der Waals surface area contributed by atoms with Crippen LogP contribution in [-0.4, -0.2) is 159 Å². The Morgan fingerprint density at radius 2 is 1.62 bits per heavy atom. The second-order valence-electron chi connectivity index (χ2n) is 19.0. The first kappa shape index (κ1) is 49.1. The number of rotatable bonds is 8. The van der Waals surface area contributed by atoms with Gasteiger partial charge in [0.1, 0.15) is 23.9 Å². The molecule has 4 saturated heterocycles. The van der Waals surface area contributed by atoms with Gasteiger partial charge in [-0.1, -0.05) is 62.9 Å². The summed E-state index contributed by atoms with van der Waals surface area (Å²) in [6.07, 6.45) is -6.23. The van der Waals surface area contributed by atoms with Crippen LogP contribution in [0.5, 0.6) is 0 Å². The van der Waals surface area contributed by atoms with Crippen LogP contribution < -0.4 is 0 Å². The molecule has 4 heterocycles. The zero-order valence-corrected chi connectivity index (χ0v) is 39.0. The molecule has 0 saturated carbocycles. The molecule has 0 unspecified atom stereocenters. The average Bonchev–Trinajstić information content (AvgIpc) is 3.51. The van der Waals surface area contributed by atoms with E-state index in [1.54, 1.807) is 46.4 Å². The minimum atomic E-state index is -1.79. The fourth-order valence-corrected chi connectivity index (χ4v) is 11.3. The lowest BCUT2D eigenvalue weighted by Crippen LogP contribution is -2.59. The highest BCUT2D eigenvalue weighted by atomic mass is 32.2. The molecule has 1 aromatic rings. The number of likely N-dealkylation sites (N-methyl/N-ethyl adjacent to an activating group) is 1. The van der Waals surface area contributed by atoms with Crippen LogP contribution in [0, 0.1) is 17.8 Å². The molecule has 5 rings (SSSR count). The van der Waals surface area contributed by atoms with Crippen LogP contribution in [-0.2, 0) is 39.8 Å². The van der Waals surface area contributed by atoms with Crippen molar-refractivity contribution in [3.05, 3.63) is 35.9 Å². The predicted octanol–water partition coefficient (Wildman–Crippen LogP) is 4.58. The van der Waals surface area contributed by atoms with Gasteiger partial charge in [-0.25, -0.2) is 0 Å². The molecule has 60 heavy (non-hydrogen) atoms. The van der Waals surface area contributed by atoms with E-state index in [4.69, 9.17) is 33.4 Å². The number of amidine groups is 1. The zero-order valence-electron chi connectivity index (χ0n) is 38.2. The average molecular weight is 866 g/mol. The third kappa shape index (κ3) is 10.7. The molecule has 15 heteroatoms. The summed E-state index contributed by atoms with van der Waals surface area (Å²) in [4.78, 5) is 23.6. The van der Waals surface area contributed by atoms with E-state index in [-0.39, 0.29) is 42.6 Å². The number of carbonyl (C=O) groups excluding carboxylic acids is 1. The van der Waals surface area contributed by atoms with Crippen molar-refractivity contribution in [3.8, 4) is 0 Å². The van der Waals surface area contributed by atoms with Gasteiger partial charge in [-0.05, 0) is 86.3 Å². The van der Waals surface area contributed by atoms with Crippen molar-refractivity contribution in [1.82, 2.24) is 9.80 Å². The van der Waals surface area contributed by atoms with E-state index in [2.05, 4.69) is 24.1 Å². The lowest BCUT2D eigenvalue weighted by Gasteiger charge is -2.48. The molecular formula is C45H75N3O11S. The van der Waals surface area contributed by atoms with Crippen LogP contribution in [0.1, 0.15) is 100 Å². The molecular weight excluding hydrogens is 791 g/mol. The second kappa shape index (κ2) is 19.9. The summed E-state index contributed by atoms with van der Waals surface area (Å²) in [5, 5.41) is 48.1. The lowest BCUT2D eigenvalue weighted by atomic mass is 9.77. The van der Waals surface area contributed by atoms with Crippen LogP contribution in [0.4, 0.5) is 0 Å². The van der Waals surface area contributed by atoms with Crippen molar-refractivity contribution >= 4 is 22.9 Å². The molecule has 0 aliphatic carbocycles. The number of thioether (sulfide) groups is 1. The molecule has 342 valence electrons. The fourth-order valence-electron chi connectivity index (χ4n) is 9.96. The van der Waals surface area contributed by atoms with Crippen LogP contribution in [0.25, 0.3) is 0 Å². The number of methoxy groups -OCH3 is 1. The normalized spacial score (nSPS) is 46.1. The third-order valence-corrected chi connectivity index (χ3v) is 15.2. The molecule has 14 nitrogen and oxygen atoms in total. The van der Waals surface area contributed by atoms with Crippen molar-refractivity contribution < 1.29 is 53.6 Å². The number of aliphatic hydroxyl groups is 4. The molecule has 0 aromatic heterocycles. The van der Waals surface area contributed by atoms with Gasteiger partial charge in [0.15, 0.2) is 17.7 Å². The molecule has 4 aliphatic heterocycles. The van der Waals surface area contributed by atoms with Gasteiger partial charge in [0.05, 0.1) is 59.4 Å². The van der Waals surface area contributed by atoms with Gasteiger partial charge < -0.3 is 58.6 Å². The van der Waals surface area contributed by atoms with Gasteiger partial charge in [0, 0.05) is 39.1 Å². The van der Waals surface area contributed by atoms with Gasteiger partial charge >= 0.3 is 5.97 Å². The van der Waals surface area contributed by atoms with Gasteiger partial charge in [-0.3, -0.25) is 9.79 Å². The number of hydrogen-bond donors (Lipinski definition) is 4. The molecule has 18 atom stereocenters. The van der Waals surface area contributed by atoms with Crippen molar-refractivity contribution in [3.63, 3.8) is 0 Å². The fraction of sp³-hybridized carbons (Fsp3) is 0.822. The quantitative estimate of drug-likeness (QED) is 0.268. The molecule has 0 bridgehead atoms. The highest BCUT2D eigenvalue weighted by Crippen LogP contribution is 2.44. The Labute approximate surface area is 362 Å². The van der Waals surface area contributed by atoms with E-state index in [1.807, 2.05) is 57.8 Å². The van der Waals surface area contributed by atoms with Crippen molar-refractivity contribution in [2.75, 3.05) is 27.7 Å². The number of esters is 1. The summed E-state index contributed by atoms with van der Waals surface area (Å²) < 4.78 is 38.9. The number of fused-ring (bicyclic) bond motifs is 1. The maximum absolute atomic E-state index is 14.4. The Bertz CT molecular complexity index is 1590. The van der Waals surface area contributed by atoms with Crippen molar-refractivity contribution in [1.29, 1.82) is 0 Å². The molecule has 0 radical (unpaired) electrons. The summed E-state index contributed by atoms with van der Waals surface area (Å²) in [6.45, 7) is 19.1. The second-order valence-corrected chi connectivity index (χ2v) is 20.1. The van der Waals surface area contributed by atoms with Crippen molar-refractivity contribution in [2.45, 2.75) is 191 Å². The van der Waals surface area contributed by atoms with Crippen LogP contribution >= 0.6 is 11.8 Å². The molecule has 1 aromatic carbocycles. The number of nitrogens with zero attached hydrogens (tertiary/aromatic N) is 3. The number of carbonyl (C=O) groups is 1. The Morgan fingerprint density at radius 1 is 0.950 bits per heavy atom.